The van der Waals surface area contributed by atoms with Crippen LogP contribution in [0.5, 0.6) is 0 Å². The predicted molar refractivity (Wildman–Crippen MR) is 106 cm³/mol. The van der Waals surface area contributed by atoms with Crippen LogP contribution in [0, 0.1) is 0 Å². The van der Waals surface area contributed by atoms with Crippen LogP contribution in [0.1, 0.15) is 6.42 Å². The van der Waals surface area contributed by atoms with E-state index in [1.165, 1.54) is 0 Å². The molecule has 1 atom stereocenters. The second-order valence-electron chi connectivity index (χ2n) is 5.93. The first-order valence-corrected chi connectivity index (χ1v) is 9.41. The molecule has 0 spiro atoms. The van der Waals surface area contributed by atoms with Crippen LogP contribution in [0.15, 0.2) is 0 Å². The van der Waals surface area contributed by atoms with E-state index in [2.05, 4.69) is 15.5 Å². The fraction of sp³-hybridized carbons (Fsp3) is 0.867. The van der Waals surface area contributed by atoms with Crippen molar-refractivity contribution >= 4 is 48.4 Å². The van der Waals surface area contributed by atoms with E-state index in [-0.39, 0.29) is 36.6 Å². The van der Waals surface area contributed by atoms with Crippen molar-refractivity contribution in [2.45, 2.75) is 12.5 Å². The zero-order valence-corrected chi connectivity index (χ0v) is 17.1. The summed E-state index contributed by atoms with van der Waals surface area (Å²) in [6, 6.07) is 0.311. The lowest BCUT2D eigenvalue weighted by atomic mass is 10.2. The summed E-state index contributed by atoms with van der Waals surface area (Å²) >= 11 is 1.91. The van der Waals surface area contributed by atoms with Gasteiger partial charge < -0.3 is 20.3 Å². The molecule has 2 amide bonds. The van der Waals surface area contributed by atoms with Crippen molar-refractivity contribution in [3.05, 3.63) is 0 Å². The van der Waals surface area contributed by atoms with E-state index in [1.807, 2.05) is 16.7 Å². The molecule has 2 aliphatic rings. The summed E-state index contributed by atoms with van der Waals surface area (Å²) < 4.78 is 4.91. The molecule has 0 saturated carbocycles. The lowest BCUT2D eigenvalue weighted by Crippen LogP contribution is -2.52. The van der Waals surface area contributed by atoms with Gasteiger partial charge in [0.2, 0.25) is 11.8 Å². The summed E-state index contributed by atoms with van der Waals surface area (Å²) in [5, 5.41) is 6.23. The normalized spacial score (nSPS) is 21.0. The van der Waals surface area contributed by atoms with E-state index < -0.39 is 0 Å². The molecule has 10 heteroatoms. The average molecular weight is 417 g/mol. The first-order valence-electron chi connectivity index (χ1n) is 8.26. The molecule has 0 aliphatic carbocycles. The minimum absolute atomic E-state index is 0. The number of halogens is 2. The van der Waals surface area contributed by atoms with Gasteiger partial charge in [0.15, 0.2) is 0 Å². The second-order valence-corrected chi connectivity index (χ2v) is 7.08. The van der Waals surface area contributed by atoms with Crippen molar-refractivity contribution in [2.24, 2.45) is 0 Å². The molecule has 2 rings (SSSR count). The van der Waals surface area contributed by atoms with Gasteiger partial charge in [0.25, 0.3) is 0 Å². The molecular weight excluding hydrogens is 387 g/mol. The maximum atomic E-state index is 12.3. The summed E-state index contributed by atoms with van der Waals surface area (Å²) in [6.45, 7) is 5.41. The molecule has 0 aromatic heterocycles. The number of nitrogens with one attached hydrogen (secondary N) is 2. The lowest BCUT2D eigenvalue weighted by molar-refractivity contribution is -0.133. The molecule has 2 aliphatic heterocycles. The highest BCUT2D eigenvalue weighted by molar-refractivity contribution is 7.99. The van der Waals surface area contributed by atoms with Gasteiger partial charge in [-0.05, 0) is 0 Å². The van der Waals surface area contributed by atoms with Crippen LogP contribution in [0.3, 0.4) is 0 Å². The highest BCUT2D eigenvalue weighted by Gasteiger charge is 2.25. The van der Waals surface area contributed by atoms with Crippen LogP contribution in [0.25, 0.3) is 0 Å². The maximum Gasteiger partial charge on any atom is 0.234 e. The Bertz CT molecular complexity index is 393. The van der Waals surface area contributed by atoms with Crippen LogP contribution in [-0.2, 0) is 14.3 Å². The first-order chi connectivity index (χ1) is 11.2. The largest absolute Gasteiger partial charge is 0.383 e. The monoisotopic (exact) mass is 416 g/mol. The van der Waals surface area contributed by atoms with Crippen LogP contribution in [-0.4, -0.2) is 98.7 Å². The van der Waals surface area contributed by atoms with Gasteiger partial charge in [0.1, 0.15) is 0 Å². The number of rotatable bonds is 7. The minimum Gasteiger partial charge on any atom is -0.383 e. The van der Waals surface area contributed by atoms with Crippen molar-refractivity contribution in [1.29, 1.82) is 0 Å². The molecule has 0 aromatic carbocycles. The number of thioether (sulfide) groups is 1. The molecule has 1 unspecified atom stereocenters. The standard InChI is InChI=1S/C15H28N4O3S.2ClH/c1-22-8-2-17-14(20)11-18-4-6-19(7-5-18)15(21)10-13-12-23-9-3-16-13;;/h13,16H,2-12H2,1H3,(H,17,20);2*1H. The Morgan fingerprint density at radius 2 is 1.96 bits per heavy atom. The number of hydrogen-bond donors (Lipinski definition) is 2. The highest BCUT2D eigenvalue weighted by atomic mass is 35.5. The van der Waals surface area contributed by atoms with E-state index in [0.29, 0.717) is 45.2 Å². The van der Waals surface area contributed by atoms with Crippen molar-refractivity contribution in [1.82, 2.24) is 20.4 Å². The Morgan fingerprint density at radius 1 is 1.24 bits per heavy atom. The number of carbonyl (C=O) groups is 2. The number of ether oxygens (including phenoxy) is 1. The van der Waals surface area contributed by atoms with Crippen LogP contribution in [0.2, 0.25) is 0 Å². The van der Waals surface area contributed by atoms with E-state index in [0.717, 1.165) is 31.1 Å². The number of nitrogens with zero attached hydrogens (tertiary/aromatic N) is 2. The molecule has 0 aromatic rings. The Balaban J connectivity index is 0.00000288. The number of hydrogen-bond acceptors (Lipinski definition) is 6. The third-order valence-electron chi connectivity index (χ3n) is 4.14. The van der Waals surface area contributed by atoms with Crippen LogP contribution >= 0.6 is 36.6 Å². The Labute approximate surface area is 166 Å². The zero-order valence-electron chi connectivity index (χ0n) is 14.7. The summed E-state index contributed by atoms with van der Waals surface area (Å²) in [6.07, 6.45) is 0.588. The molecule has 2 N–H and O–H groups in total. The smallest absolute Gasteiger partial charge is 0.234 e. The molecule has 2 fully saturated rings. The van der Waals surface area contributed by atoms with Gasteiger partial charge >= 0.3 is 0 Å². The highest BCUT2D eigenvalue weighted by Crippen LogP contribution is 2.12. The topological polar surface area (TPSA) is 73.9 Å². The molecule has 25 heavy (non-hydrogen) atoms. The van der Waals surface area contributed by atoms with Gasteiger partial charge in [-0.25, -0.2) is 0 Å². The first kappa shape index (κ1) is 24.8. The number of piperazine rings is 1. The molecule has 0 radical (unpaired) electrons. The average Bonchev–Trinajstić information content (AvgIpc) is 2.56. The van der Waals surface area contributed by atoms with Gasteiger partial charge in [-0.1, -0.05) is 0 Å². The van der Waals surface area contributed by atoms with Crippen LogP contribution < -0.4 is 10.6 Å². The van der Waals surface area contributed by atoms with Crippen molar-refractivity contribution in [3.8, 4) is 0 Å². The fourth-order valence-corrected chi connectivity index (χ4v) is 3.75. The second kappa shape index (κ2) is 13.9. The van der Waals surface area contributed by atoms with Gasteiger partial charge in [0, 0.05) is 70.3 Å². The van der Waals surface area contributed by atoms with Gasteiger partial charge in [-0.2, -0.15) is 11.8 Å². The molecule has 0 bridgehead atoms. The van der Waals surface area contributed by atoms with Gasteiger partial charge in [-0.3, -0.25) is 14.5 Å². The van der Waals surface area contributed by atoms with Crippen molar-refractivity contribution < 1.29 is 14.3 Å². The lowest BCUT2D eigenvalue weighted by Gasteiger charge is -2.35. The molecule has 148 valence electrons. The third-order valence-corrected chi connectivity index (χ3v) is 5.27. The van der Waals surface area contributed by atoms with Crippen molar-refractivity contribution in [3.63, 3.8) is 0 Å². The third kappa shape index (κ3) is 9.30. The van der Waals surface area contributed by atoms with Gasteiger partial charge in [0.05, 0.1) is 13.2 Å². The quantitative estimate of drug-likeness (QED) is 0.561. The van der Waals surface area contributed by atoms with Crippen LogP contribution in [0.4, 0.5) is 0 Å². The molecule has 2 saturated heterocycles. The van der Waals surface area contributed by atoms with Gasteiger partial charge in [-0.15, -0.1) is 24.8 Å². The summed E-state index contributed by atoms with van der Waals surface area (Å²) in [5.41, 5.74) is 0. The number of amides is 2. The summed E-state index contributed by atoms with van der Waals surface area (Å²) in [5.74, 6) is 2.41. The predicted octanol–water partition coefficient (Wildman–Crippen LogP) is -0.168. The SMILES string of the molecule is COCCNC(=O)CN1CCN(C(=O)CC2CSCCN2)CC1.Cl.Cl. The number of methoxy groups -OCH3 is 1. The number of carbonyl (C=O) groups excluding carboxylic acids is 2. The van der Waals surface area contributed by atoms with Crippen molar-refractivity contribution in [2.75, 3.05) is 71.0 Å². The Hall–Kier alpha value is -0.250. The fourth-order valence-electron chi connectivity index (χ4n) is 2.80. The minimum atomic E-state index is 0. The molecule has 7 nitrogen and oxygen atoms in total. The maximum absolute atomic E-state index is 12.3. The Kier molecular flexibility index (Phi) is 13.7. The van der Waals surface area contributed by atoms with E-state index in [1.54, 1.807) is 7.11 Å². The summed E-state index contributed by atoms with van der Waals surface area (Å²) in [7, 11) is 1.61. The molecule has 2 heterocycles. The van der Waals surface area contributed by atoms with E-state index in [4.69, 9.17) is 4.74 Å². The Morgan fingerprint density at radius 3 is 2.56 bits per heavy atom. The van der Waals surface area contributed by atoms with E-state index >= 15 is 0 Å². The molecular formula is C15H30Cl2N4O3S. The zero-order chi connectivity index (χ0) is 16.5. The van der Waals surface area contributed by atoms with E-state index in [9.17, 15) is 9.59 Å². The summed E-state index contributed by atoms with van der Waals surface area (Å²) in [4.78, 5) is 28.1.